The smallest absolute Gasteiger partial charge is 0.127 e. The molecule has 14 atom stereocenters. The van der Waals surface area contributed by atoms with E-state index in [-0.39, 0.29) is 66.0 Å². The molecule has 0 radical (unpaired) electrons. The molecule has 4 fully saturated rings. The lowest BCUT2D eigenvalue weighted by Crippen LogP contribution is -2.67. The minimum atomic E-state index is -1.83. The van der Waals surface area contributed by atoms with Crippen molar-refractivity contribution >= 4 is 108 Å². The maximum atomic E-state index is 3.00. The van der Waals surface area contributed by atoms with E-state index in [1.165, 1.54) is 127 Å². The van der Waals surface area contributed by atoms with Crippen LogP contribution in [0.1, 0.15) is 395 Å². The highest BCUT2D eigenvalue weighted by Gasteiger charge is 2.63. The highest BCUT2D eigenvalue weighted by atomic mass is 28.3. The predicted molar refractivity (Wildman–Crippen MR) is 694 cm³/mol. The van der Waals surface area contributed by atoms with Crippen molar-refractivity contribution in [3.8, 4) is 0 Å². The maximum Gasteiger partial charge on any atom is 0.127 e. The van der Waals surface area contributed by atoms with Gasteiger partial charge in [-0.1, -0.05) is 407 Å². The molecule has 4 nitrogen and oxygen atoms in total. The summed E-state index contributed by atoms with van der Waals surface area (Å²) < 4.78 is 11.9. The molecule has 16 rings (SSSR count). The first-order valence-corrected chi connectivity index (χ1v) is 87.9. The van der Waals surface area contributed by atoms with Crippen LogP contribution in [0.5, 0.6) is 0 Å². The van der Waals surface area contributed by atoms with Gasteiger partial charge in [-0.25, -0.2) is 0 Å². The summed E-state index contributed by atoms with van der Waals surface area (Å²) in [5.41, 5.74) is 31.0. The molecule has 0 heterocycles. The molecule has 0 aromatic heterocycles. The lowest BCUT2D eigenvalue weighted by Gasteiger charge is -2.57. The van der Waals surface area contributed by atoms with Crippen LogP contribution in [0.2, 0.25) is 153 Å². The monoisotopic (exact) mass is 2170 g/mol. The zero-order chi connectivity index (χ0) is 113. The molecule has 4 aromatic carbocycles. The Morgan fingerprint density at radius 1 is 0.260 bits per heavy atom. The van der Waals surface area contributed by atoms with Crippen molar-refractivity contribution in [3.05, 3.63) is 188 Å². The summed E-state index contributed by atoms with van der Waals surface area (Å²) in [5.74, 6) is 7.03. The molecule has 12 heteroatoms. The molecular weight excluding hydrogens is 1940 g/mol. The van der Waals surface area contributed by atoms with Gasteiger partial charge in [0, 0.05) is 66.0 Å². The van der Waals surface area contributed by atoms with Crippen molar-refractivity contribution in [2.45, 2.75) is 570 Å². The Hall–Kier alpha value is -3.62. The van der Waals surface area contributed by atoms with Crippen molar-refractivity contribution in [1.29, 1.82) is 0 Å². The number of hydrogen-bond donors (Lipinski definition) is 0. The molecule has 12 aliphatic rings. The quantitative estimate of drug-likeness (QED) is 0.0648. The molecule has 0 amide bonds. The number of fused-ring (bicyclic) bond motifs is 16. The van der Waals surface area contributed by atoms with Gasteiger partial charge in [-0.2, -0.15) is 0 Å². The van der Waals surface area contributed by atoms with Crippen molar-refractivity contribution in [2.75, 3.05) is 0 Å². The number of hydrogen-bond acceptors (Lipinski definition) is 4. The first kappa shape index (κ1) is 123. The van der Waals surface area contributed by atoms with Crippen LogP contribution in [-0.4, -0.2) is 128 Å². The van der Waals surface area contributed by atoms with Gasteiger partial charge < -0.3 is 18.3 Å². The predicted octanol–water partition coefficient (Wildman–Crippen LogP) is 38.6. The van der Waals surface area contributed by atoms with Gasteiger partial charge in [0.2, 0.25) is 0 Å². The molecular formula is C138H232N4Si8. The number of rotatable bonds is 24. The molecule has 0 aliphatic heterocycles. The first-order chi connectivity index (χ1) is 68.1. The van der Waals surface area contributed by atoms with E-state index in [1.807, 2.05) is 0 Å². The maximum absolute atomic E-state index is 3.00. The van der Waals surface area contributed by atoms with Gasteiger partial charge in [-0.3, -0.25) is 0 Å². The zero-order valence-electron chi connectivity index (χ0n) is 108. The van der Waals surface area contributed by atoms with Gasteiger partial charge in [-0.15, -0.1) is 0 Å². The van der Waals surface area contributed by atoms with Gasteiger partial charge in [0.15, 0.2) is 0 Å². The standard InChI is InChI=1S/C38H65NSi2.C37H63NSi2.C32H53NSi2.C31H51NSi2/c1-15-17-21-38(22-18-16-2)33-25-29(40(10,11)12)19-20-30(33)32-24-28-23-27(3)35(31(28)26-34(32)38)41(13,14)39(36(4,5)6)37(7,8)9;1-14-16-22-37(23-17-15-2)32-25-28(39(9,10)11)19-20-29(32)31-24-27-18-21-34(30(27)26-33(31)37)40(12,13)38(35(3,4)5)36(6,7)8;1-21-17-22-18-26-24-16-15-23(34(10,11)12)19-27(24)32(8,9)28(26)20-25(22)29(21)35(13,14)33(30(2,3)4)31(5,6)7;1-29(2,3)32(30(4,5)6)34(12,13)28-17-14-21-18-25-23-16-15-22(33(9,10)11)19-26(23)31(7,8)27(25)20-24(21)28/h19-20,24-28,31,35H,15-18,21-23H2,1-14H3;19-20,24-27,30,34H,14-18,21-23H2,1-13H3;15-16,18-22,25,29H,17H2,1-14H3;15-16,18-21,24,28H,14,17H2,1-13H3. The second-order valence-corrected chi connectivity index (χ2v) is 105. The Balaban J connectivity index is 0.000000167. The van der Waals surface area contributed by atoms with Crippen LogP contribution in [0.15, 0.2) is 144 Å². The van der Waals surface area contributed by atoms with Crippen molar-refractivity contribution in [3.63, 3.8) is 0 Å². The number of nitrogens with zero attached hydrogens (tertiary/aromatic N) is 4. The SMILES string of the molecule is CC1(C)C2=CC3C(C=C2c2ccc([Si](C)(C)C)cc21)CCC3[Si](C)(C)N(C(C)(C)C)C(C)(C)C.CC1CC2C=C3C(=CC2C1[Si](C)(C)N(C(C)(C)C)C(C)(C)C)C(C)(C)c1cc([Si](C)(C)C)ccc13.CCCCC1(CCCC)C2=CC3C(C=C2c2ccc([Si](C)(C)C)cc21)CC(C)C3[Si](C)(C)N(C(C)(C)C)C(C)(C)C.CCCCC1(CCCC)C2=CC3C(C=C2c2ccc([Si](C)(C)C)cc21)CCC3[Si](C)(C)N(C(C)(C)C)C(C)(C)C. The Kier molecular flexibility index (Phi) is 34.6. The third-order valence-electron chi connectivity index (χ3n) is 40.4. The summed E-state index contributed by atoms with van der Waals surface area (Å²) in [6, 6.07) is 30.5. The van der Waals surface area contributed by atoms with Crippen LogP contribution in [0, 0.1) is 59.2 Å². The molecule has 0 spiro atoms. The summed E-state index contributed by atoms with van der Waals surface area (Å²) in [5, 5.41) is 6.47. The molecule has 150 heavy (non-hydrogen) atoms. The van der Waals surface area contributed by atoms with E-state index < -0.39 is 65.2 Å². The summed E-state index contributed by atoms with van der Waals surface area (Å²) >= 11 is 0. The lowest BCUT2D eigenvalue weighted by molar-refractivity contribution is 0.120. The molecule has 0 saturated heterocycles. The van der Waals surface area contributed by atoms with E-state index in [0.29, 0.717) is 47.3 Å². The van der Waals surface area contributed by atoms with Crippen LogP contribution >= 0.6 is 0 Å². The normalized spacial score (nSPS) is 26.3. The fourth-order valence-electron chi connectivity index (χ4n) is 37.9. The minimum absolute atomic E-state index is 0.0949. The number of benzene rings is 4. The van der Waals surface area contributed by atoms with E-state index in [9.17, 15) is 0 Å². The van der Waals surface area contributed by atoms with Crippen LogP contribution in [0.25, 0.3) is 22.3 Å². The van der Waals surface area contributed by atoms with E-state index in [2.05, 4.69) is 506 Å². The Morgan fingerprint density at radius 2 is 0.473 bits per heavy atom. The van der Waals surface area contributed by atoms with E-state index >= 15 is 0 Å². The van der Waals surface area contributed by atoms with Crippen LogP contribution in [0.4, 0.5) is 0 Å². The van der Waals surface area contributed by atoms with Crippen molar-refractivity contribution in [1.82, 2.24) is 18.3 Å². The van der Waals surface area contributed by atoms with Gasteiger partial charge in [-0.05, 0) is 388 Å². The molecule has 12 aliphatic carbocycles. The summed E-state index contributed by atoms with van der Waals surface area (Å²) in [6.45, 7) is 135. The molecule has 14 unspecified atom stereocenters. The van der Waals surface area contributed by atoms with Crippen molar-refractivity contribution in [2.24, 2.45) is 59.2 Å². The number of allylic oxidation sites excluding steroid dienone is 16. The Labute approximate surface area is 936 Å². The van der Waals surface area contributed by atoms with Gasteiger partial charge >= 0.3 is 0 Å². The van der Waals surface area contributed by atoms with E-state index in [4.69, 9.17) is 0 Å². The Bertz CT molecular complexity index is 5750. The zero-order valence-corrected chi connectivity index (χ0v) is 116. The van der Waals surface area contributed by atoms with Crippen molar-refractivity contribution < 1.29 is 0 Å². The third kappa shape index (κ3) is 23.1. The molecule has 4 saturated carbocycles. The highest BCUT2D eigenvalue weighted by Crippen LogP contribution is 2.69. The topological polar surface area (TPSA) is 13.0 Å². The largest absolute Gasteiger partial charge is 0.314 e. The van der Waals surface area contributed by atoms with Gasteiger partial charge in [0.1, 0.15) is 32.9 Å². The highest BCUT2D eigenvalue weighted by molar-refractivity contribution is 6.90. The van der Waals surface area contributed by atoms with Crippen LogP contribution in [-0.2, 0) is 21.7 Å². The number of unbranched alkanes of at least 4 members (excludes halogenated alkanes) is 4. The van der Waals surface area contributed by atoms with Crippen LogP contribution < -0.4 is 20.7 Å². The molecule has 4 aromatic rings. The second kappa shape index (κ2) is 42.1. The van der Waals surface area contributed by atoms with E-state index in [0.717, 1.165) is 34.0 Å². The molecule has 836 valence electrons. The average molecular weight is 2170 g/mol. The summed E-state index contributed by atoms with van der Waals surface area (Å²) in [4.78, 5) is 0. The second-order valence-electron chi connectivity index (χ2n) is 66.6. The minimum Gasteiger partial charge on any atom is -0.314 e. The fourth-order valence-corrected chi connectivity index (χ4v) is 67.6. The van der Waals surface area contributed by atoms with Gasteiger partial charge in [0.05, 0.1) is 32.3 Å². The molecule has 0 N–H and O–H groups in total. The van der Waals surface area contributed by atoms with E-state index in [1.54, 1.807) is 98.7 Å². The fraction of sp³-hybridized carbons (Fsp3) is 0.710. The lowest BCUT2D eigenvalue weighted by atomic mass is 9.68. The first-order valence-electron chi connectivity index (χ1n) is 61.8. The van der Waals surface area contributed by atoms with Gasteiger partial charge in [0.25, 0.3) is 0 Å². The average Bonchev–Trinajstić information content (AvgIpc) is 1.55. The third-order valence-corrected chi connectivity index (χ3v) is 68.7. The van der Waals surface area contributed by atoms with Crippen LogP contribution in [0.3, 0.4) is 0 Å². The Morgan fingerprint density at radius 3 is 0.720 bits per heavy atom. The molecule has 0 bridgehead atoms. The summed E-state index contributed by atoms with van der Waals surface area (Å²) in [6.07, 6.45) is 46.3. The summed E-state index contributed by atoms with van der Waals surface area (Å²) in [7, 11) is -12.6.